The maximum Gasteiger partial charge on any atom is 0.252 e. The van der Waals surface area contributed by atoms with Gasteiger partial charge in [0, 0.05) is 50.5 Å². The monoisotopic (exact) mass is 1370 g/mol. The lowest BCUT2D eigenvalue weighted by atomic mass is 9.33. The van der Waals surface area contributed by atoms with E-state index in [-0.39, 0.29) is 17.5 Å². The molecule has 0 spiro atoms. The van der Waals surface area contributed by atoms with Gasteiger partial charge in [0.1, 0.15) is 0 Å². The maximum atomic E-state index is 2.71. The molecular weight excluding hydrogens is 1290 g/mol. The van der Waals surface area contributed by atoms with E-state index < -0.39 is 16.1 Å². The lowest BCUT2D eigenvalue weighted by molar-refractivity contribution is 0.590. The first-order valence-corrected chi connectivity index (χ1v) is 40.7. The van der Waals surface area contributed by atoms with Crippen LogP contribution in [-0.2, 0) is 10.8 Å². The van der Waals surface area contributed by atoms with Gasteiger partial charge in [-0.25, -0.2) is 0 Å². The summed E-state index contributed by atoms with van der Waals surface area (Å²) < 4.78 is 2.55. The first kappa shape index (κ1) is 64.3. The lowest BCUT2D eigenvalue weighted by Crippen LogP contribution is -2.75. The van der Waals surface area contributed by atoms with Crippen molar-refractivity contribution in [1.29, 1.82) is 0 Å². The van der Waals surface area contributed by atoms with Gasteiger partial charge in [-0.15, -0.1) is 0 Å². The Labute approximate surface area is 614 Å². The molecule has 18 rings (SSSR count). The Morgan fingerprint density at radius 1 is 0.260 bits per heavy atom. The molecule has 2 aliphatic heterocycles. The van der Waals surface area contributed by atoms with E-state index in [1.54, 1.807) is 0 Å². The van der Waals surface area contributed by atoms with Gasteiger partial charge in [-0.05, 0) is 151 Å². The first-order chi connectivity index (χ1) is 50.9. The molecule has 0 bridgehead atoms. The minimum Gasteiger partial charge on any atom is -0.311 e. The molecule has 0 atom stereocenters. The number of benzene rings is 15. The summed E-state index contributed by atoms with van der Waals surface area (Å²) in [6.07, 6.45) is 0. The number of rotatable bonds is 13. The molecule has 15 aromatic carbocycles. The maximum absolute atomic E-state index is 3.18. The first-order valence-electron chi connectivity index (χ1n) is 36.7. The van der Waals surface area contributed by atoms with Crippen LogP contribution in [0.5, 0.6) is 0 Å². The highest BCUT2D eigenvalue weighted by Gasteiger charge is 2.49. The van der Waals surface area contributed by atoms with Crippen LogP contribution < -0.4 is 67.7 Å². The number of anilines is 6. The van der Waals surface area contributed by atoms with Crippen molar-refractivity contribution in [3.8, 4) is 27.9 Å². The quantitative estimate of drug-likeness (QED) is 0.0842. The molecule has 0 unspecified atom stereocenters. The van der Waals surface area contributed by atoms with E-state index >= 15 is 0 Å². The van der Waals surface area contributed by atoms with Crippen LogP contribution in [0, 0.1) is 0 Å². The lowest BCUT2D eigenvalue weighted by Gasteiger charge is -2.46. The Morgan fingerprint density at radius 2 is 0.654 bits per heavy atom. The zero-order valence-corrected chi connectivity index (χ0v) is 61.7. The molecule has 1 aromatic heterocycles. The standard InChI is InChI=1S/C98H80BN3Si2/c1-97(2,3)72-58-54-69(55-59-72)71-32-29-33-74(64-71)102-94-67-76(101-90-52-27-25-48-86(90)87-49-26-28-53-91(87)101)66-93-95(94)99(89-51-31-50-85(96(89)102)70-56-60-73(61-57-70)98(4,5)6)88-63-62-84(104(80-41-19-10-20-42-80,81-43-21-11-22-44-81)82-45-23-12-24-46-82)68-92(88)100(93)75-34-30-47-83(65-75)103(77-35-13-7-14-36-77,78-37-15-8-16-38-78)79-39-17-9-18-40-79/h7-68H,1-6H3. The molecule has 498 valence electrons. The van der Waals surface area contributed by atoms with Crippen LogP contribution in [0.2, 0.25) is 0 Å². The third-order valence-corrected chi connectivity index (χ3v) is 31.9. The van der Waals surface area contributed by atoms with Crippen molar-refractivity contribution in [2.45, 2.75) is 52.4 Å². The minimum atomic E-state index is -3.18. The number of para-hydroxylation sites is 3. The summed E-state index contributed by atoms with van der Waals surface area (Å²) in [6.45, 7) is 13.6. The third-order valence-electron chi connectivity index (χ3n) is 22.4. The normalized spacial score (nSPS) is 12.8. The van der Waals surface area contributed by atoms with Crippen LogP contribution in [0.1, 0.15) is 52.7 Å². The van der Waals surface area contributed by atoms with Crippen molar-refractivity contribution in [3.63, 3.8) is 0 Å². The van der Waals surface area contributed by atoms with E-state index in [4.69, 9.17) is 0 Å². The summed E-state index contributed by atoms with van der Waals surface area (Å²) in [6, 6.07) is 144. The highest BCUT2D eigenvalue weighted by molar-refractivity contribution is 7.20. The largest absolute Gasteiger partial charge is 0.311 e. The van der Waals surface area contributed by atoms with Gasteiger partial charge < -0.3 is 14.4 Å². The molecule has 0 aliphatic carbocycles. The summed E-state index contributed by atoms with van der Waals surface area (Å²) >= 11 is 0. The molecule has 0 saturated carbocycles. The average molecular weight is 1370 g/mol. The van der Waals surface area contributed by atoms with E-state index in [0.29, 0.717) is 0 Å². The van der Waals surface area contributed by atoms with Gasteiger partial charge in [0.25, 0.3) is 6.71 Å². The predicted octanol–water partition coefficient (Wildman–Crippen LogP) is 17.6. The molecule has 104 heavy (non-hydrogen) atoms. The van der Waals surface area contributed by atoms with Crippen LogP contribution >= 0.6 is 0 Å². The number of hydrogen-bond donors (Lipinski definition) is 0. The topological polar surface area (TPSA) is 11.4 Å². The average Bonchev–Trinajstić information content (AvgIpc) is 0.864. The Kier molecular flexibility index (Phi) is 15.8. The van der Waals surface area contributed by atoms with E-state index in [1.165, 1.54) is 102 Å². The summed E-state index contributed by atoms with van der Waals surface area (Å²) in [5, 5.41) is 13.0. The van der Waals surface area contributed by atoms with Gasteiger partial charge in [-0.3, -0.25) is 0 Å². The van der Waals surface area contributed by atoms with Crippen molar-refractivity contribution in [2.75, 3.05) is 9.80 Å². The summed E-state index contributed by atoms with van der Waals surface area (Å²) in [5.41, 5.74) is 21.2. The van der Waals surface area contributed by atoms with E-state index in [0.717, 1.165) is 50.7 Å². The molecular formula is C98H80BN3Si2. The van der Waals surface area contributed by atoms with Crippen LogP contribution in [-0.4, -0.2) is 27.4 Å². The number of nitrogens with zero attached hydrogens (tertiary/aromatic N) is 3. The van der Waals surface area contributed by atoms with Gasteiger partial charge in [-0.2, -0.15) is 0 Å². The van der Waals surface area contributed by atoms with E-state index in [2.05, 4.69) is 432 Å². The fourth-order valence-corrected chi connectivity index (χ4v) is 27.1. The van der Waals surface area contributed by atoms with Crippen LogP contribution in [0.25, 0.3) is 49.7 Å². The molecule has 0 amide bonds. The fourth-order valence-electron chi connectivity index (χ4n) is 17.5. The Hall–Kier alpha value is -11.8. The van der Waals surface area contributed by atoms with Gasteiger partial charge in [0.2, 0.25) is 0 Å². The van der Waals surface area contributed by atoms with Crippen LogP contribution in [0.4, 0.5) is 34.1 Å². The van der Waals surface area contributed by atoms with Crippen molar-refractivity contribution in [1.82, 2.24) is 4.57 Å². The number of fused-ring (bicyclic) bond motifs is 7. The molecule has 3 heterocycles. The van der Waals surface area contributed by atoms with Crippen molar-refractivity contribution in [3.05, 3.63) is 387 Å². The van der Waals surface area contributed by atoms with Crippen LogP contribution in [0.3, 0.4) is 0 Å². The Bertz CT molecular complexity index is 5620. The fraction of sp³-hybridized carbons (Fsp3) is 0.0816. The van der Waals surface area contributed by atoms with E-state index in [1.807, 2.05) is 0 Å². The molecule has 0 N–H and O–H groups in total. The molecule has 16 aromatic rings. The highest BCUT2D eigenvalue weighted by atomic mass is 28.3. The second-order valence-electron chi connectivity index (χ2n) is 30.3. The molecule has 0 saturated heterocycles. The predicted molar refractivity (Wildman–Crippen MR) is 450 cm³/mol. The number of aromatic nitrogens is 1. The molecule has 6 heteroatoms. The summed E-state index contributed by atoms with van der Waals surface area (Å²) in [4.78, 5) is 5.37. The van der Waals surface area contributed by atoms with Crippen LogP contribution in [0.15, 0.2) is 376 Å². The Balaban J connectivity index is 1.00. The second kappa shape index (κ2) is 25.6. The van der Waals surface area contributed by atoms with Gasteiger partial charge in [0.05, 0.1) is 16.7 Å². The van der Waals surface area contributed by atoms with E-state index in [9.17, 15) is 0 Å². The zero-order chi connectivity index (χ0) is 70.3. The van der Waals surface area contributed by atoms with Gasteiger partial charge in [0.15, 0.2) is 16.1 Å². The van der Waals surface area contributed by atoms with Gasteiger partial charge in [-0.1, -0.05) is 363 Å². The molecule has 0 fully saturated rings. The number of hydrogen-bond acceptors (Lipinski definition) is 2. The van der Waals surface area contributed by atoms with Crippen molar-refractivity contribution >= 4 is 137 Å². The van der Waals surface area contributed by atoms with Gasteiger partial charge >= 0.3 is 0 Å². The third kappa shape index (κ3) is 10.5. The summed E-state index contributed by atoms with van der Waals surface area (Å²) in [5.74, 6) is 0. The smallest absolute Gasteiger partial charge is 0.252 e. The molecule has 3 nitrogen and oxygen atoms in total. The minimum absolute atomic E-state index is 0.0132. The zero-order valence-electron chi connectivity index (χ0n) is 59.7. The summed E-state index contributed by atoms with van der Waals surface area (Å²) in [7, 11) is -6.30. The molecule has 0 radical (unpaired) electrons. The van der Waals surface area contributed by atoms with Crippen molar-refractivity contribution in [2.24, 2.45) is 0 Å². The molecule has 2 aliphatic rings. The highest BCUT2D eigenvalue weighted by Crippen LogP contribution is 2.49. The SMILES string of the molecule is CC(C)(C)c1ccc(-c2cccc(N3c4cc(-n5c6ccccc6c6ccccc65)cc5c4B(c4ccc([Si](c6ccccc6)(c6ccccc6)c6ccccc6)cc4N5c4cccc([Si](c5ccccc5)(c5ccccc5)c5ccccc5)c4)c4cccc(-c5ccc(C(C)(C)C)cc5)c43)c2)cc1. The Morgan fingerprint density at radius 3 is 1.12 bits per heavy atom. The van der Waals surface area contributed by atoms with Crippen molar-refractivity contribution < 1.29 is 0 Å². The second-order valence-corrected chi connectivity index (χ2v) is 38.0.